The summed E-state index contributed by atoms with van der Waals surface area (Å²) in [5, 5.41) is 11.0. The molecule has 0 aromatic carbocycles. The highest BCUT2D eigenvalue weighted by molar-refractivity contribution is 5.96. The number of rotatable bonds is 3. The summed E-state index contributed by atoms with van der Waals surface area (Å²) in [5.41, 5.74) is -0.103. The topological polar surface area (TPSA) is 88.5 Å². The minimum atomic E-state index is -1.21. The normalized spacial score (nSPS) is 9.40. The predicted molar refractivity (Wildman–Crippen MR) is 51.8 cm³/mol. The molecule has 1 aromatic heterocycles. The smallest absolute Gasteiger partial charge is 0.411 e. The second kappa shape index (κ2) is 4.94. The minimum Gasteiger partial charge on any atom is -0.476 e. The number of hydrogen-bond donors (Lipinski definition) is 2. The summed E-state index contributed by atoms with van der Waals surface area (Å²) >= 11 is 0. The molecule has 0 saturated carbocycles. The Morgan fingerprint density at radius 3 is 2.93 bits per heavy atom. The van der Waals surface area contributed by atoms with Gasteiger partial charge in [0.2, 0.25) is 0 Å². The monoisotopic (exact) mass is 210 g/mol. The molecule has 0 saturated heterocycles. The average Bonchev–Trinajstić information content (AvgIpc) is 2.18. The third-order valence-corrected chi connectivity index (χ3v) is 1.52. The van der Waals surface area contributed by atoms with Crippen LogP contribution in [0.4, 0.5) is 10.5 Å². The van der Waals surface area contributed by atoms with Crippen molar-refractivity contribution in [2.24, 2.45) is 0 Å². The standard InChI is InChI=1S/C9H10N2O4/c1-2-15-9(14)11-6-4-3-5-10-7(6)8(12)13/h3-5H,2H2,1H3,(H,11,14)(H,12,13). The zero-order valence-electron chi connectivity index (χ0n) is 8.06. The van der Waals surface area contributed by atoms with Crippen LogP contribution in [0, 0.1) is 0 Å². The molecule has 1 amide bonds. The summed E-state index contributed by atoms with van der Waals surface area (Å²) in [7, 11) is 0. The quantitative estimate of drug-likeness (QED) is 0.786. The molecule has 6 heteroatoms. The lowest BCUT2D eigenvalue weighted by atomic mass is 10.3. The van der Waals surface area contributed by atoms with Crippen molar-refractivity contribution in [3.8, 4) is 0 Å². The van der Waals surface area contributed by atoms with Crippen LogP contribution in [-0.4, -0.2) is 28.8 Å². The maximum Gasteiger partial charge on any atom is 0.411 e. The van der Waals surface area contributed by atoms with Crippen molar-refractivity contribution in [1.29, 1.82) is 0 Å². The fourth-order valence-corrected chi connectivity index (χ4v) is 0.954. The van der Waals surface area contributed by atoms with Gasteiger partial charge in [0, 0.05) is 6.20 Å². The zero-order valence-corrected chi connectivity index (χ0v) is 8.06. The summed E-state index contributed by atoms with van der Waals surface area (Å²) in [6.07, 6.45) is 0.632. The summed E-state index contributed by atoms with van der Waals surface area (Å²) in [6.45, 7) is 1.87. The first-order valence-corrected chi connectivity index (χ1v) is 4.27. The van der Waals surface area contributed by atoms with Crippen LogP contribution in [0.15, 0.2) is 18.3 Å². The number of ether oxygens (including phenoxy) is 1. The first kappa shape index (κ1) is 11.0. The Bertz CT molecular complexity index is 378. The summed E-state index contributed by atoms with van der Waals surface area (Å²) in [5.74, 6) is -1.21. The second-order valence-corrected chi connectivity index (χ2v) is 2.55. The lowest BCUT2D eigenvalue weighted by Gasteiger charge is -2.06. The van der Waals surface area contributed by atoms with Crippen molar-refractivity contribution in [2.45, 2.75) is 6.92 Å². The number of carboxylic acids is 1. The van der Waals surface area contributed by atoms with Gasteiger partial charge in [-0.3, -0.25) is 5.32 Å². The maximum atomic E-state index is 11.0. The van der Waals surface area contributed by atoms with Gasteiger partial charge in [-0.05, 0) is 19.1 Å². The van der Waals surface area contributed by atoms with Gasteiger partial charge < -0.3 is 9.84 Å². The SMILES string of the molecule is CCOC(=O)Nc1cccnc1C(=O)O. The fraction of sp³-hybridized carbons (Fsp3) is 0.222. The molecule has 1 aromatic rings. The van der Waals surface area contributed by atoms with Crippen LogP contribution in [-0.2, 0) is 4.74 Å². The van der Waals surface area contributed by atoms with Crippen molar-refractivity contribution < 1.29 is 19.4 Å². The molecule has 0 aliphatic carbocycles. The highest BCUT2D eigenvalue weighted by Crippen LogP contribution is 2.11. The number of anilines is 1. The Labute approximate surface area is 85.9 Å². The van der Waals surface area contributed by atoms with E-state index in [1.165, 1.54) is 18.3 Å². The molecular formula is C9H10N2O4. The maximum absolute atomic E-state index is 11.0. The number of pyridine rings is 1. The van der Waals surface area contributed by atoms with E-state index in [1.54, 1.807) is 6.92 Å². The highest BCUT2D eigenvalue weighted by Gasteiger charge is 2.13. The van der Waals surface area contributed by atoms with Gasteiger partial charge in [-0.15, -0.1) is 0 Å². The van der Waals surface area contributed by atoms with E-state index in [0.29, 0.717) is 0 Å². The van der Waals surface area contributed by atoms with E-state index >= 15 is 0 Å². The molecule has 0 spiro atoms. The Hall–Kier alpha value is -2.11. The molecule has 1 heterocycles. The van der Waals surface area contributed by atoms with E-state index < -0.39 is 12.1 Å². The molecule has 1 rings (SSSR count). The van der Waals surface area contributed by atoms with Gasteiger partial charge in [0.15, 0.2) is 5.69 Å². The molecule has 0 aliphatic rings. The van der Waals surface area contributed by atoms with Crippen molar-refractivity contribution in [1.82, 2.24) is 4.98 Å². The molecule has 0 fully saturated rings. The van der Waals surface area contributed by atoms with Gasteiger partial charge in [-0.2, -0.15) is 0 Å². The Kier molecular flexibility index (Phi) is 3.61. The van der Waals surface area contributed by atoms with Gasteiger partial charge in [-0.25, -0.2) is 14.6 Å². The van der Waals surface area contributed by atoms with E-state index in [9.17, 15) is 9.59 Å². The highest BCUT2D eigenvalue weighted by atomic mass is 16.5. The molecule has 2 N–H and O–H groups in total. The predicted octanol–water partition coefficient (Wildman–Crippen LogP) is 1.35. The molecule has 15 heavy (non-hydrogen) atoms. The van der Waals surface area contributed by atoms with Crippen molar-refractivity contribution in [3.63, 3.8) is 0 Å². The van der Waals surface area contributed by atoms with E-state index in [-0.39, 0.29) is 18.0 Å². The summed E-state index contributed by atoms with van der Waals surface area (Å²) in [4.78, 5) is 25.4. The molecule has 0 radical (unpaired) electrons. The second-order valence-electron chi connectivity index (χ2n) is 2.55. The van der Waals surface area contributed by atoms with Crippen molar-refractivity contribution >= 4 is 17.7 Å². The molecular weight excluding hydrogens is 200 g/mol. The number of nitrogens with zero attached hydrogens (tertiary/aromatic N) is 1. The Balaban J connectivity index is 2.84. The third kappa shape index (κ3) is 2.94. The fourth-order valence-electron chi connectivity index (χ4n) is 0.954. The molecule has 0 aliphatic heterocycles. The Morgan fingerprint density at radius 1 is 1.60 bits per heavy atom. The number of aromatic carboxylic acids is 1. The number of carbonyl (C=O) groups excluding carboxylic acids is 1. The van der Waals surface area contributed by atoms with Crippen molar-refractivity contribution in [3.05, 3.63) is 24.0 Å². The third-order valence-electron chi connectivity index (χ3n) is 1.52. The molecule has 0 unspecified atom stereocenters. The van der Waals surface area contributed by atoms with Gasteiger partial charge in [-0.1, -0.05) is 0 Å². The van der Waals surface area contributed by atoms with Gasteiger partial charge in [0.05, 0.1) is 12.3 Å². The molecule has 6 nitrogen and oxygen atoms in total. The van der Waals surface area contributed by atoms with Crippen LogP contribution in [0.3, 0.4) is 0 Å². The zero-order chi connectivity index (χ0) is 11.3. The van der Waals surface area contributed by atoms with Crippen LogP contribution in [0.25, 0.3) is 0 Å². The summed E-state index contributed by atoms with van der Waals surface area (Å²) in [6, 6.07) is 2.96. The van der Waals surface area contributed by atoms with Crippen LogP contribution in [0.2, 0.25) is 0 Å². The van der Waals surface area contributed by atoms with Crippen LogP contribution in [0.5, 0.6) is 0 Å². The van der Waals surface area contributed by atoms with E-state index in [2.05, 4.69) is 15.0 Å². The average molecular weight is 210 g/mol. The van der Waals surface area contributed by atoms with E-state index in [4.69, 9.17) is 5.11 Å². The molecule has 80 valence electrons. The number of nitrogens with one attached hydrogen (secondary N) is 1. The Morgan fingerprint density at radius 2 is 2.33 bits per heavy atom. The number of carbonyl (C=O) groups is 2. The number of hydrogen-bond acceptors (Lipinski definition) is 4. The van der Waals surface area contributed by atoms with Crippen LogP contribution in [0.1, 0.15) is 17.4 Å². The lowest BCUT2D eigenvalue weighted by Crippen LogP contribution is -2.16. The lowest BCUT2D eigenvalue weighted by molar-refractivity contribution is 0.0692. The first-order chi connectivity index (χ1) is 7.15. The van der Waals surface area contributed by atoms with Crippen LogP contribution < -0.4 is 5.32 Å². The number of amides is 1. The van der Waals surface area contributed by atoms with Gasteiger partial charge in [0.1, 0.15) is 0 Å². The van der Waals surface area contributed by atoms with E-state index in [1.807, 2.05) is 0 Å². The number of aromatic nitrogens is 1. The van der Waals surface area contributed by atoms with Crippen LogP contribution >= 0.6 is 0 Å². The first-order valence-electron chi connectivity index (χ1n) is 4.27. The minimum absolute atomic E-state index is 0.114. The number of carboxylic acid groups (broad SMARTS) is 1. The van der Waals surface area contributed by atoms with Crippen molar-refractivity contribution in [2.75, 3.05) is 11.9 Å². The van der Waals surface area contributed by atoms with E-state index in [0.717, 1.165) is 0 Å². The van der Waals surface area contributed by atoms with Gasteiger partial charge in [0.25, 0.3) is 0 Å². The summed E-state index contributed by atoms with van der Waals surface area (Å²) < 4.78 is 4.61. The van der Waals surface area contributed by atoms with Gasteiger partial charge >= 0.3 is 12.1 Å². The molecule has 0 atom stereocenters. The largest absolute Gasteiger partial charge is 0.476 e. The molecule has 0 bridgehead atoms.